The molecule has 1 heterocycles. The van der Waals surface area contributed by atoms with Crippen LogP contribution in [0.1, 0.15) is 33.3 Å². The van der Waals surface area contributed by atoms with E-state index in [0.717, 1.165) is 5.04 Å². The highest BCUT2D eigenvalue weighted by molar-refractivity contribution is 8.15. The molecule has 1 aromatic carbocycles. The molecule has 0 fully saturated rings. The van der Waals surface area contributed by atoms with Crippen LogP contribution in [-0.4, -0.2) is 9.91 Å². The summed E-state index contributed by atoms with van der Waals surface area (Å²) in [6.45, 7) is 8.24. The largest absolute Gasteiger partial charge is 0.293 e. The summed E-state index contributed by atoms with van der Waals surface area (Å²) in [6, 6.07) is 10.2. The van der Waals surface area contributed by atoms with E-state index >= 15 is 0 Å². The van der Waals surface area contributed by atoms with Crippen LogP contribution in [0.15, 0.2) is 35.4 Å². The van der Waals surface area contributed by atoms with Crippen molar-refractivity contribution in [3.8, 4) is 0 Å². The summed E-state index contributed by atoms with van der Waals surface area (Å²) in [5.41, 5.74) is 4.28. The molecule has 1 aliphatic rings. The zero-order valence-corrected chi connectivity index (χ0v) is 10.6. The van der Waals surface area contributed by atoms with Gasteiger partial charge in [0.05, 0.1) is 0 Å². The number of hydrogen-bond acceptors (Lipinski definition) is 3. The Morgan fingerprint density at radius 2 is 1.73 bits per heavy atom. The minimum atomic E-state index is 0.0329. The molecule has 0 spiro atoms. The fraction of sp³-hybridized carbons (Fsp3) is 0.417. The molecule has 3 heteroatoms. The van der Waals surface area contributed by atoms with Gasteiger partial charge in [0.15, 0.2) is 0 Å². The van der Waals surface area contributed by atoms with Crippen LogP contribution < -0.4 is 5.43 Å². The van der Waals surface area contributed by atoms with E-state index in [4.69, 9.17) is 0 Å². The number of benzene rings is 1. The maximum absolute atomic E-state index is 4.29. The Morgan fingerprint density at radius 3 is 2.20 bits per heavy atom. The van der Waals surface area contributed by atoms with Gasteiger partial charge in [0.1, 0.15) is 9.91 Å². The molecule has 0 aliphatic carbocycles. The molecule has 15 heavy (non-hydrogen) atoms. The first-order chi connectivity index (χ1) is 7.17. The minimum absolute atomic E-state index is 0.0329. The van der Waals surface area contributed by atoms with Crippen LogP contribution in [0.25, 0.3) is 0 Å². The second kappa shape index (κ2) is 5.21. The quantitative estimate of drug-likeness (QED) is 0.787. The van der Waals surface area contributed by atoms with Gasteiger partial charge in [0, 0.05) is 5.56 Å². The monoisotopic (exact) mass is 222 g/mol. The first-order valence-electron chi connectivity index (χ1n) is 5.27. The Hall–Kier alpha value is -0.960. The Bertz CT molecular complexity index is 331. The van der Waals surface area contributed by atoms with Gasteiger partial charge in [-0.15, -0.1) is 0 Å². The molecular formula is C12H18N2S. The third kappa shape index (κ3) is 3.27. The Labute approximate surface area is 96.2 Å². The third-order valence-electron chi connectivity index (χ3n) is 1.80. The van der Waals surface area contributed by atoms with Gasteiger partial charge in [-0.3, -0.25) is 5.43 Å². The minimum Gasteiger partial charge on any atom is -0.293 e. The lowest BCUT2D eigenvalue weighted by atomic mass is 10.2. The summed E-state index contributed by atoms with van der Waals surface area (Å²) >= 11 is 1.76. The zero-order chi connectivity index (χ0) is 11.3. The van der Waals surface area contributed by atoms with E-state index in [-0.39, 0.29) is 4.87 Å². The summed E-state index contributed by atoms with van der Waals surface area (Å²) in [5, 5.41) is 5.36. The van der Waals surface area contributed by atoms with Crippen LogP contribution in [0.3, 0.4) is 0 Å². The summed E-state index contributed by atoms with van der Waals surface area (Å²) in [4.78, 5) is 0.0329. The van der Waals surface area contributed by atoms with Crippen LogP contribution >= 0.6 is 11.8 Å². The average Bonchev–Trinajstić information content (AvgIpc) is 2.63. The molecular weight excluding hydrogens is 204 g/mol. The molecule has 0 amide bonds. The van der Waals surface area contributed by atoms with E-state index in [1.54, 1.807) is 11.8 Å². The van der Waals surface area contributed by atoms with Crippen LogP contribution in [0.2, 0.25) is 0 Å². The molecule has 1 aromatic rings. The predicted molar refractivity (Wildman–Crippen MR) is 69.1 cm³/mol. The SMILES string of the molecule is CC.CC1(C)NN=C(c2ccccc2)S1. The van der Waals surface area contributed by atoms with Crippen molar-refractivity contribution < 1.29 is 0 Å². The molecule has 0 saturated heterocycles. The van der Waals surface area contributed by atoms with E-state index in [2.05, 4.69) is 36.5 Å². The highest BCUT2D eigenvalue weighted by Gasteiger charge is 2.26. The van der Waals surface area contributed by atoms with Crippen LogP contribution in [0.5, 0.6) is 0 Å². The molecule has 0 radical (unpaired) electrons. The topological polar surface area (TPSA) is 24.4 Å². The molecule has 2 rings (SSSR count). The molecule has 0 saturated carbocycles. The fourth-order valence-corrected chi connectivity index (χ4v) is 2.10. The predicted octanol–water partition coefficient (Wildman–Crippen LogP) is 3.45. The molecule has 82 valence electrons. The van der Waals surface area contributed by atoms with Crippen molar-refractivity contribution in [2.45, 2.75) is 32.6 Å². The number of hydrogen-bond donors (Lipinski definition) is 1. The molecule has 1 aliphatic heterocycles. The van der Waals surface area contributed by atoms with Crippen molar-refractivity contribution >= 4 is 16.8 Å². The molecule has 0 atom stereocenters. The third-order valence-corrected chi connectivity index (χ3v) is 2.92. The van der Waals surface area contributed by atoms with Gasteiger partial charge in [0.25, 0.3) is 0 Å². The first kappa shape index (κ1) is 12.1. The average molecular weight is 222 g/mol. The van der Waals surface area contributed by atoms with Crippen LogP contribution in [0, 0.1) is 0 Å². The van der Waals surface area contributed by atoms with Gasteiger partial charge in [-0.2, -0.15) is 5.10 Å². The summed E-state index contributed by atoms with van der Waals surface area (Å²) in [5.74, 6) is 0. The Morgan fingerprint density at radius 1 is 1.13 bits per heavy atom. The lowest BCUT2D eigenvalue weighted by Crippen LogP contribution is -2.26. The smallest absolute Gasteiger partial charge is 0.126 e. The second-order valence-corrected chi connectivity index (χ2v) is 5.12. The zero-order valence-electron chi connectivity index (χ0n) is 9.74. The van der Waals surface area contributed by atoms with Gasteiger partial charge >= 0.3 is 0 Å². The second-order valence-electron chi connectivity index (χ2n) is 3.51. The summed E-state index contributed by atoms with van der Waals surface area (Å²) < 4.78 is 0. The molecule has 0 bridgehead atoms. The number of rotatable bonds is 1. The van der Waals surface area contributed by atoms with Crippen molar-refractivity contribution in [2.24, 2.45) is 5.10 Å². The Kier molecular flexibility index (Phi) is 4.21. The van der Waals surface area contributed by atoms with E-state index < -0.39 is 0 Å². The fourth-order valence-electron chi connectivity index (χ4n) is 1.18. The maximum atomic E-state index is 4.29. The number of nitrogens with zero attached hydrogens (tertiary/aromatic N) is 1. The molecule has 2 nitrogen and oxygen atoms in total. The van der Waals surface area contributed by atoms with E-state index in [1.807, 2.05) is 32.0 Å². The van der Waals surface area contributed by atoms with Crippen molar-refractivity contribution in [1.82, 2.24) is 5.43 Å². The first-order valence-corrected chi connectivity index (χ1v) is 6.08. The van der Waals surface area contributed by atoms with Crippen molar-refractivity contribution in [3.05, 3.63) is 35.9 Å². The van der Waals surface area contributed by atoms with E-state index in [0.29, 0.717) is 0 Å². The normalized spacial score (nSPS) is 17.2. The molecule has 0 unspecified atom stereocenters. The highest BCUT2D eigenvalue weighted by Crippen LogP contribution is 2.30. The maximum Gasteiger partial charge on any atom is 0.126 e. The van der Waals surface area contributed by atoms with Gasteiger partial charge in [-0.25, -0.2) is 0 Å². The van der Waals surface area contributed by atoms with Crippen LogP contribution in [-0.2, 0) is 0 Å². The standard InChI is InChI=1S/C10H12N2S.C2H6/c1-10(2)12-11-9(13-10)8-6-4-3-5-7-8;1-2/h3-7,12H,1-2H3;1-2H3. The van der Waals surface area contributed by atoms with Crippen molar-refractivity contribution in [2.75, 3.05) is 0 Å². The van der Waals surface area contributed by atoms with E-state index in [1.165, 1.54) is 5.56 Å². The highest BCUT2D eigenvalue weighted by atomic mass is 32.2. The lowest BCUT2D eigenvalue weighted by molar-refractivity contribution is 0.582. The van der Waals surface area contributed by atoms with Gasteiger partial charge in [-0.05, 0) is 13.8 Å². The van der Waals surface area contributed by atoms with Crippen LogP contribution in [0.4, 0.5) is 0 Å². The number of hydrazone groups is 1. The molecule has 0 aromatic heterocycles. The van der Waals surface area contributed by atoms with Crippen molar-refractivity contribution in [3.63, 3.8) is 0 Å². The van der Waals surface area contributed by atoms with Gasteiger partial charge < -0.3 is 0 Å². The van der Waals surface area contributed by atoms with Gasteiger partial charge in [-0.1, -0.05) is 55.9 Å². The number of thioether (sulfide) groups is 1. The lowest BCUT2D eigenvalue weighted by Gasteiger charge is -2.14. The van der Waals surface area contributed by atoms with E-state index in [9.17, 15) is 0 Å². The van der Waals surface area contributed by atoms with Crippen molar-refractivity contribution in [1.29, 1.82) is 0 Å². The Balaban J connectivity index is 0.000000531. The summed E-state index contributed by atoms with van der Waals surface area (Å²) in [7, 11) is 0. The number of nitrogens with one attached hydrogen (secondary N) is 1. The molecule has 1 N–H and O–H groups in total. The van der Waals surface area contributed by atoms with Gasteiger partial charge in [0.2, 0.25) is 0 Å². The summed E-state index contributed by atoms with van der Waals surface area (Å²) in [6.07, 6.45) is 0.